The molecular formula is C25H44O5. The third-order valence-electron chi connectivity index (χ3n) is 10.0. The molecule has 0 spiro atoms. The number of carbonyl (C=O) groups is 1. The molecule has 5 heteroatoms. The molecule has 0 aromatic rings. The number of hydrogen-bond acceptors (Lipinski definition) is 4. The molecule has 2 unspecified atom stereocenters. The number of aliphatic carboxylic acids is 1. The summed E-state index contributed by atoms with van der Waals surface area (Å²) in [4.78, 5) is 11.1. The second kappa shape index (κ2) is 9.07. The second-order valence-corrected chi connectivity index (χ2v) is 11.6. The smallest absolute Gasteiger partial charge is 0.303 e. The Hall–Kier alpha value is -0.650. The Morgan fingerprint density at radius 1 is 0.967 bits per heavy atom. The summed E-state index contributed by atoms with van der Waals surface area (Å²) in [6, 6.07) is 0. The maximum absolute atomic E-state index is 11.6. The number of aliphatic hydroxyl groups is 3. The Labute approximate surface area is 182 Å². The molecule has 0 radical (unpaired) electrons. The van der Waals surface area contributed by atoms with Crippen LogP contribution in [0.5, 0.6) is 0 Å². The lowest BCUT2D eigenvalue weighted by molar-refractivity contribution is -0.137. The van der Waals surface area contributed by atoms with Crippen LogP contribution >= 0.6 is 0 Å². The second-order valence-electron chi connectivity index (χ2n) is 11.6. The largest absolute Gasteiger partial charge is 0.481 e. The number of rotatable bonds is 4. The average molecular weight is 425 g/mol. The highest BCUT2D eigenvalue weighted by molar-refractivity contribution is 5.66. The van der Waals surface area contributed by atoms with Crippen molar-refractivity contribution >= 4 is 5.97 Å². The molecule has 5 nitrogen and oxygen atoms in total. The molecule has 30 heavy (non-hydrogen) atoms. The molecule has 4 N–H and O–H groups in total. The van der Waals surface area contributed by atoms with Gasteiger partial charge in [0.1, 0.15) is 0 Å². The van der Waals surface area contributed by atoms with E-state index in [4.69, 9.17) is 5.11 Å². The van der Waals surface area contributed by atoms with Crippen LogP contribution in [0.2, 0.25) is 0 Å². The van der Waals surface area contributed by atoms with Gasteiger partial charge >= 0.3 is 5.97 Å². The van der Waals surface area contributed by atoms with Gasteiger partial charge in [-0.3, -0.25) is 4.79 Å². The van der Waals surface area contributed by atoms with Crippen molar-refractivity contribution in [2.75, 3.05) is 0 Å². The Bertz CT molecular complexity index is 608. The molecule has 0 aliphatic heterocycles. The van der Waals surface area contributed by atoms with Gasteiger partial charge in [0.25, 0.3) is 0 Å². The zero-order chi connectivity index (χ0) is 22.3. The minimum Gasteiger partial charge on any atom is -0.481 e. The van der Waals surface area contributed by atoms with Gasteiger partial charge in [0, 0.05) is 6.42 Å². The van der Waals surface area contributed by atoms with E-state index in [-0.39, 0.29) is 47.0 Å². The molecule has 0 heterocycles. The maximum Gasteiger partial charge on any atom is 0.303 e. The number of carboxylic acids is 1. The Morgan fingerprint density at radius 2 is 1.60 bits per heavy atom. The summed E-state index contributed by atoms with van der Waals surface area (Å²) in [5.74, 6) is 0.625. The Kier molecular flexibility index (Phi) is 7.26. The molecular weight excluding hydrogens is 380 g/mol. The fourth-order valence-corrected chi connectivity index (χ4v) is 7.67. The minimum absolute atomic E-state index is 0.0212. The summed E-state index contributed by atoms with van der Waals surface area (Å²) in [5, 5.41) is 42.1. The monoisotopic (exact) mass is 424 g/mol. The summed E-state index contributed by atoms with van der Waals surface area (Å²) in [5.41, 5.74) is -0.266. The van der Waals surface area contributed by atoms with E-state index < -0.39 is 18.2 Å². The highest BCUT2D eigenvalue weighted by Crippen LogP contribution is 2.59. The number of aliphatic hydroxyl groups excluding tert-OH is 3. The van der Waals surface area contributed by atoms with Gasteiger partial charge in [-0.15, -0.1) is 0 Å². The summed E-state index contributed by atoms with van der Waals surface area (Å²) in [7, 11) is 0. The zero-order valence-electron chi connectivity index (χ0n) is 19.4. The third-order valence-corrected chi connectivity index (χ3v) is 10.0. The fraction of sp³-hybridized carbons (Fsp3) is 0.960. The normalized spacial score (nSPS) is 48.4. The van der Waals surface area contributed by atoms with Crippen LogP contribution in [-0.4, -0.2) is 44.7 Å². The van der Waals surface area contributed by atoms with Crippen molar-refractivity contribution in [1.82, 2.24) is 0 Å². The van der Waals surface area contributed by atoms with Gasteiger partial charge in [0.15, 0.2) is 0 Å². The lowest BCUT2D eigenvalue weighted by atomic mass is 9.54. The van der Waals surface area contributed by atoms with Gasteiger partial charge in [-0.25, -0.2) is 0 Å². The van der Waals surface area contributed by atoms with Crippen LogP contribution in [0.1, 0.15) is 91.9 Å². The van der Waals surface area contributed by atoms with Crippen molar-refractivity contribution in [3.05, 3.63) is 0 Å². The zero-order valence-corrected chi connectivity index (χ0v) is 19.4. The first-order valence-corrected chi connectivity index (χ1v) is 12.2. The molecule has 0 amide bonds. The lowest BCUT2D eigenvalue weighted by Gasteiger charge is -2.52. The van der Waals surface area contributed by atoms with E-state index >= 15 is 0 Å². The molecule has 10 atom stereocenters. The SMILES string of the molecule is CC1C[C@H](O)[C@@]2(C)C(CC[C@@H]2[C@H](C)CCC(=O)O)C[C@H](O)C[C@H]2C[C@H](O)CC[C@]12C. The predicted molar refractivity (Wildman–Crippen MR) is 117 cm³/mol. The van der Waals surface area contributed by atoms with E-state index in [1.54, 1.807) is 0 Å². The van der Waals surface area contributed by atoms with Gasteiger partial charge in [-0.1, -0.05) is 27.7 Å². The van der Waals surface area contributed by atoms with Gasteiger partial charge in [-0.2, -0.15) is 0 Å². The highest BCUT2D eigenvalue weighted by Gasteiger charge is 2.55. The first-order valence-electron chi connectivity index (χ1n) is 12.2. The summed E-state index contributed by atoms with van der Waals surface area (Å²) in [6.07, 6.45) is 6.36. The molecule has 3 saturated carbocycles. The van der Waals surface area contributed by atoms with Crippen LogP contribution in [0.15, 0.2) is 0 Å². The van der Waals surface area contributed by atoms with E-state index in [0.717, 1.165) is 44.9 Å². The first-order chi connectivity index (χ1) is 14.0. The summed E-state index contributed by atoms with van der Waals surface area (Å²) < 4.78 is 0. The van der Waals surface area contributed by atoms with Crippen molar-refractivity contribution in [1.29, 1.82) is 0 Å². The maximum atomic E-state index is 11.6. The highest BCUT2D eigenvalue weighted by atomic mass is 16.4. The fourth-order valence-electron chi connectivity index (χ4n) is 7.67. The van der Waals surface area contributed by atoms with Crippen LogP contribution in [0.3, 0.4) is 0 Å². The molecule has 3 aliphatic rings. The van der Waals surface area contributed by atoms with Crippen LogP contribution in [-0.2, 0) is 4.79 Å². The number of hydrogen-bond donors (Lipinski definition) is 4. The topological polar surface area (TPSA) is 98.0 Å². The van der Waals surface area contributed by atoms with Gasteiger partial charge in [0.2, 0.25) is 0 Å². The minimum atomic E-state index is -0.754. The van der Waals surface area contributed by atoms with Crippen LogP contribution in [0, 0.1) is 40.4 Å². The summed E-state index contributed by atoms with van der Waals surface area (Å²) >= 11 is 0. The third kappa shape index (κ3) is 4.45. The molecule has 174 valence electrons. The standard InChI is InChI=1S/C25H44O5/c1-15(5-8-23(29)30)21-7-6-17-12-20(27)14-18-13-19(26)9-10-24(18,3)16(2)11-22(28)25(17,21)4/h15-22,26-28H,5-14H2,1-4H3,(H,29,30)/t15-,16?,17?,18-,19-,20+,21-,22+,24-,25+/m1/s1. The number of carboxylic acid groups (broad SMARTS) is 1. The molecule has 3 aliphatic carbocycles. The Morgan fingerprint density at radius 3 is 2.27 bits per heavy atom. The van der Waals surface area contributed by atoms with E-state index in [9.17, 15) is 20.1 Å². The molecule has 0 bridgehead atoms. The van der Waals surface area contributed by atoms with E-state index in [1.807, 2.05) is 0 Å². The van der Waals surface area contributed by atoms with E-state index in [0.29, 0.717) is 18.8 Å². The van der Waals surface area contributed by atoms with Crippen LogP contribution < -0.4 is 0 Å². The van der Waals surface area contributed by atoms with E-state index in [1.165, 1.54) is 0 Å². The summed E-state index contributed by atoms with van der Waals surface area (Å²) in [6.45, 7) is 8.91. The number of fused-ring (bicyclic) bond motifs is 2. The van der Waals surface area contributed by atoms with Crippen molar-refractivity contribution in [2.24, 2.45) is 40.4 Å². The van der Waals surface area contributed by atoms with Crippen molar-refractivity contribution < 1.29 is 25.2 Å². The van der Waals surface area contributed by atoms with Crippen LogP contribution in [0.25, 0.3) is 0 Å². The first kappa shape index (κ1) is 24.0. The molecule has 0 aromatic carbocycles. The molecule has 0 aromatic heterocycles. The molecule has 3 rings (SSSR count). The molecule has 3 fully saturated rings. The lowest BCUT2D eigenvalue weighted by Crippen LogP contribution is -2.49. The quantitative estimate of drug-likeness (QED) is 0.541. The molecule has 0 saturated heterocycles. The van der Waals surface area contributed by atoms with Gasteiger partial charge in [0.05, 0.1) is 18.3 Å². The Balaban J connectivity index is 1.87. The van der Waals surface area contributed by atoms with Gasteiger partial charge < -0.3 is 20.4 Å². The van der Waals surface area contributed by atoms with E-state index in [2.05, 4.69) is 27.7 Å². The van der Waals surface area contributed by atoms with Crippen molar-refractivity contribution in [2.45, 2.75) is 110 Å². The van der Waals surface area contributed by atoms with Gasteiger partial charge in [-0.05, 0) is 98.2 Å². The van der Waals surface area contributed by atoms with Crippen molar-refractivity contribution in [3.63, 3.8) is 0 Å². The average Bonchev–Trinajstić information content (AvgIpc) is 2.99. The predicted octanol–water partition coefficient (Wildman–Crippen LogP) is 4.23. The van der Waals surface area contributed by atoms with Crippen molar-refractivity contribution in [3.8, 4) is 0 Å². The van der Waals surface area contributed by atoms with Crippen LogP contribution in [0.4, 0.5) is 0 Å².